The summed E-state index contributed by atoms with van der Waals surface area (Å²) in [7, 11) is 2.07. The normalized spacial score (nSPS) is 44.3. The highest BCUT2D eigenvalue weighted by Gasteiger charge is 2.41. The molecular formula is C9H15NO. The third-order valence-electron chi connectivity index (χ3n) is 3.33. The maximum Gasteiger partial charge on any atom is 0.137 e. The van der Waals surface area contributed by atoms with Gasteiger partial charge in [0.15, 0.2) is 0 Å². The van der Waals surface area contributed by atoms with Crippen LogP contribution in [0, 0.1) is 11.8 Å². The number of rotatable bonds is 1. The van der Waals surface area contributed by atoms with Gasteiger partial charge in [-0.2, -0.15) is 0 Å². The van der Waals surface area contributed by atoms with Gasteiger partial charge in [0.25, 0.3) is 0 Å². The van der Waals surface area contributed by atoms with Crippen molar-refractivity contribution in [2.45, 2.75) is 25.3 Å². The maximum atomic E-state index is 10.7. The predicted octanol–water partition coefficient (Wildman–Crippen LogP) is 0.916. The Kier molecular flexibility index (Phi) is 1.72. The molecule has 0 radical (unpaired) electrons. The molecule has 2 fully saturated rings. The number of aldehydes is 1. The quantitative estimate of drug-likeness (QED) is 0.522. The second kappa shape index (κ2) is 2.59. The summed E-state index contributed by atoms with van der Waals surface area (Å²) < 4.78 is 0. The first-order valence-electron chi connectivity index (χ1n) is 4.48. The highest BCUT2D eigenvalue weighted by molar-refractivity contribution is 5.59. The predicted molar refractivity (Wildman–Crippen MR) is 43.3 cm³/mol. The zero-order chi connectivity index (χ0) is 7.84. The van der Waals surface area contributed by atoms with Crippen LogP contribution < -0.4 is 0 Å². The van der Waals surface area contributed by atoms with Crippen LogP contribution in [0.4, 0.5) is 0 Å². The molecule has 2 aliphatic rings. The minimum atomic E-state index is 0.238. The number of likely N-dealkylation sites (N-methyl/N-ethyl adjacent to an activating group) is 1. The molecule has 0 N–H and O–H groups in total. The zero-order valence-corrected chi connectivity index (χ0v) is 6.99. The molecule has 0 unspecified atom stereocenters. The molecule has 11 heavy (non-hydrogen) atoms. The highest BCUT2D eigenvalue weighted by Crippen LogP contribution is 2.40. The van der Waals surface area contributed by atoms with Gasteiger partial charge in [-0.25, -0.2) is 0 Å². The Bertz CT molecular complexity index is 169. The van der Waals surface area contributed by atoms with Crippen LogP contribution in [0.3, 0.4) is 0 Å². The van der Waals surface area contributed by atoms with Crippen molar-refractivity contribution in [3.05, 3.63) is 0 Å². The van der Waals surface area contributed by atoms with E-state index in [1.165, 1.54) is 19.3 Å². The van der Waals surface area contributed by atoms with Crippen LogP contribution in [-0.4, -0.2) is 30.8 Å². The van der Waals surface area contributed by atoms with E-state index in [2.05, 4.69) is 11.9 Å². The fourth-order valence-corrected chi connectivity index (χ4v) is 2.77. The zero-order valence-electron chi connectivity index (χ0n) is 6.99. The summed E-state index contributed by atoms with van der Waals surface area (Å²) in [6.45, 7) is 1.15. The van der Waals surface area contributed by atoms with Crippen molar-refractivity contribution in [2.24, 2.45) is 11.8 Å². The van der Waals surface area contributed by atoms with Gasteiger partial charge in [-0.15, -0.1) is 0 Å². The number of fused-ring (bicyclic) bond motifs is 1. The first-order valence-corrected chi connectivity index (χ1v) is 4.48. The molecule has 0 aromatic rings. The minimum absolute atomic E-state index is 0.238. The standard InChI is InChI=1S/C9H15NO/c1-10-5-7-3-2-4-8(7)9(10)6-11/h6-9H,2-5H2,1H3/t7-,8-,9-/m1/s1. The molecule has 1 saturated heterocycles. The van der Waals surface area contributed by atoms with Gasteiger partial charge >= 0.3 is 0 Å². The van der Waals surface area contributed by atoms with Gasteiger partial charge in [0, 0.05) is 6.54 Å². The summed E-state index contributed by atoms with van der Waals surface area (Å²) in [6, 6.07) is 0.238. The van der Waals surface area contributed by atoms with Gasteiger partial charge in [0.05, 0.1) is 6.04 Å². The van der Waals surface area contributed by atoms with Crippen molar-refractivity contribution in [1.82, 2.24) is 4.90 Å². The highest BCUT2D eigenvalue weighted by atomic mass is 16.1. The van der Waals surface area contributed by atoms with Crippen molar-refractivity contribution in [3.63, 3.8) is 0 Å². The maximum absolute atomic E-state index is 10.7. The van der Waals surface area contributed by atoms with Crippen LogP contribution in [0.25, 0.3) is 0 Å². The molecule has 0 aromatic carbocycles. The lowest BCUT2D eigenvalue weighted by molar-refractivity contribution is -0.112. The molecule has 62 valence electrons. The third kappa shape index (κ3) is 1.00. The lowest BCUT2D eigenvalue weighted by Crippen LogP contribution is -2.30. The second-order valence-electron chi connectivity index (χ2n) is 3.92. The van der Waals surface area contributed by atoms with Crippen molar-refractivity contribution in [1.29, 1.82) is 0 Å². The van der Waals surface area contributed by atoms with Crippen LogP contribution in [-0.2, 0) is 4.79 Å². The van der Waals surface area contributed by atoms with E-state index in [9.17, 15) is 4.79 Å². The fraction of sp³-hybridized carbons (Fsp3) is 0.889. The fourth-order valence-electron chi connectivity index (χ4n) is 2.77. The molecule has 2 nitrogen and oxygen atoms in total. The van der Waals surface area contributed by atoms with Crippen molar-refractivity contribution in [3.8, 4) is 0 Å². The first kappa shape index (κ1) is 7.29. The Hall–Kier alpha value is -0.370. The summed E-state index contributed by atoms with van der Waals surface area (Å²) in [4.78, 5) is 12.9. The van der Waals surface area contributed by atoms with Crippen molar-refractivity contribution >= 4 is 6.29 Å². The molecule has 1 aliphatic carbocycles. The monoisotopic (exact) mass is 153 g/mol. The van der Waals surface area contributed by atoms with Gasteiger partial charge in [-0.05, 0) is 31.7 Å². The molecule has 2 heteroatoms. The smallest absolute Gasteiger partial charge is 0.137 e. The number of carbonyl (C=O) groups excluding carboxylic acids is 1. The number of likely N-dealkylation sites (tertiary alicyclic amines) is 1. The molecule has 1 aliphatic heterocycles. The van der Waals surface area contributed by atoms with E-state index in [1.54, 1.807) is 0 Å². The Morgan fingerprint density at radius 2 is 2.27 bits per heavy atom. The molecule has 1 saturated carbocycles. The Labute approximate surface area is 67.6 Å². The van der Waals surface area contributed by atoms with Crippen LogP contribution in [0.15, 0.2) is 0 Å². The van der Waals surface area contributed by atoms with Crippen LogP contribution >= 0.6 is 0 Å². The SMILES string of the molecule is CN1C[C@H]2CCC[C@H]2[C@H]1C=O. The van der Waals surface area contributed by atoms with E-state index in [1.807, 2.05) is 0 Å². The van der Waals surface area contributed by atoms with Gasteiger partial charge in [0.1, 0.15) is 6.29 Å². The van der Waals surface area contributed by atoms with E-state index >= 15 is 0 Å². The summed E-state index contributed by atoms with van der Waals surface area (Å²) in [5.41, 5.74) is 0. The van der Waals surface area contributed by atoms with Gasteiger partial charge in [0.2, 0.25) is 0 Å². The molecule has 0 bridgehead atoms. The van der Waals surface area contributed by atoms with E-state index in [-0.39, 0.29) is 6.04 Å². The average Bonchev–Trinajstić information content (AvgIpc) is 2.46. The molecule has 3 atom stereocenters. The number of carbonyl (C=O) groups is 1. The Morgan fingerprint density at radius 3 is 3.00 bits per heavy atom. The van der Waals surface area contributed by atoms with E-state index in [0.717, 1.165) is 18.7 Å². The minimum Gasteiger partial charge on any atom is -0.302 e. The molecule has 0 amide bonds. The summed E-state index contributed by atoms with van der Waals surface area (Å²) in [6.07, 6.45) is 5.10. The largest absolute Gasteiger partial charge is 0.302 e. The van der Waals surface area contributed by atoms with Crippen LogP contribution in [0.1, 0.15) is 19.3 Å². The topological polar surface area (TPSA) is 20.3 Å². The van der Waals surface area contributed by atoms with Crippen molar-refractivity contribution < 1.29 is 4.79 Å². The molecular weight excluding hydrogens is 138 g/mol. The first-order chi connectivity index (χ1) is 5.33. The number of hydrogen-bond donors (Lipinski definition) is 0. The lowest BCUT2D eigenvalue weighted by Gasteiger charge is -2.16. The van der Waals surface area contributed by atoms with Gasteiger partial charge < -0.3 is 4.79 Å². The van der Waals surface area contributed by atoms with E-state index in [4.69, 9.17) is 0 Å². The summed E-state index contributed by atoms with van der Waals surface area (Å²) >= 11 is 0. The van der Waals surface area contributed by atoms with Gasteiger partial charge in [-0.3, -0.25) is 4.90 Å². The number of hydrogen-bond acceptors (Lipinski definition) is 2. The second-order valence-corrected chi connectivity index (χ2v) is 3.92. The van der Waals surface area contributed by atoms with E-state index in [0.29, 0.717) is 5.92 Å². The lowest BCUT2D eigenvalue weighted by atomic mass is 9.95. The van der Waals surface area contributed by atoms with Crippen LogP contribution in [0.5, 0.6) is 0 Å². The van der Waals surface area contributed by atoms with E-state index < -0.39 is 0 Å². The van der Waals surface area contributed by atoms with Crippen molar-refractivity contribution in [2.75, 3.05) is 13.6 Å². The summed E-state index contributed by atoms with van der Waals surface area (Å²) in [5.74, 6) is 1.52. The Balaban J connectivity index is 2.13. The Morgan fingerprint density at radius 1 is 1.45 bits per heavy atom. The summed E-state index contributed by atoms with van der Waals surface area (Å²) in [5, 5.41) is 0. The average molecular weight is 153 g/mol. The van der Waals surface area contributed by atoms with Gasteiger partial charge in [-0.1, -0.05) is 6.42 Å². The number of nitrogens with zero attached hydrogens (tertiary/aromatic N) is 1. The molecule has 2 rings (SSSR count). The van der Waals surface area contributed by atoms with Crippen LogP contribution in [0.2, 0.25) is 0 Å². The third-order valence-corrected chi connectivity index (χ3v) is 3.33. The molecule has 0 aromatic heterocycles. The molecule has 1 heterocycles. The molecule has 0 spiro atoms.